The van der Waals surface area contributed by atoms with Crippen molar-refractivity contribution in [2.45, 2.75) is 13.1 Å². The minimum absolute atomic E-state index is 0.381. The highest BCUT2D eigenvalue weighted by Crippen LogP contribution is 2.30. The molecule has 0 aromatic carbocycles. The van der Waals surface area contributed by atoms with Crippen LogP contribution in [0.2, 0.25) is 5.02 Å². The molecule has 0 spiro atoms. The molecule has 4 nitrogen and oxygen atoms in total. The van der Waals surface area contributed by atoms with E-state index in [4.69, 9.17) is 17.3 Å². The number of esters is 1. The number of carbonyl (C=O) groups excluding carboxylic acids is 1. The molecule has 0 amide bonds. The zero-order valence-corrected chi connectivity index (χ0v) is 9.31. The summed E-state index contributed by atoms with van der Waals surface area (Å²) in [6.07, 6.45) is -1.71. The van der Waals surface area contributed by atoms with Crippen LogP contribution in [-0.2, 0) is 4.74 Å². The zero-order valence-electron chi connectivity index (χ0n) is 8.55. The van der Waals surface area contributed by atoms with Gasteiger partial charge in [-0.1, -0.05) is 11.6 Å². The Bertz CT molecular complexity index is 438. The molecular formula is C9H9ClF2N2O2. The topological polar surface area (TPSA) is 65.2 Å². The number of rotatable bonds is 2. The van der Waals surface area contributed by atoms with E-state index in [1.54, 1.807) is 0 Å². The van der Waals surface area contributed by atoms with E-state index >= 15 is 0 Å². The van der Waals surface area contributed by atoms with Gasteiger partial charge in [-0.15, -0.1) is 0 Å². The normalized spacial score (nSPS) is 12.3. The van der Waals surface area contributed by atoms with Crippen LogP contribution in [0.5, 0.6) is 0 Å². The third-order valence-electron chi connectivity index (χ3n) is 1.89. The number of nitrogens with zero attached hydrogens (tertiary/aromatic N) is 1. The van der Waals surface area contributed by atoms with Crippen molar-refractivity contribution >= 4 is 23.3 Å². The van der Waals surface area contributed by atoms with Crippen LogP contribution in [0.15, 0.2) is 0 Å². The third-order valence-corrected chi connectivity index (χ3v) is 2.28. The van der Waals surface area contributed by atoms with E-state index in [1.807, 2.05) is 0 Å². The molecule has 1 rings (SSSR count). The van der Waals surface area contributed by atoms with Crippen molar-refractivity contribution in [3.63, 3.8) is 0 Å². The van der Waals surface area contributed by atoms with Crippen LogP contribution >= 0.6 is 11.6 Å². The smallest absolute Gasteiger partial charge is 0.358 e. The van der Waals surface area contributed by atoms with E-state index in [2.05, 4.69) is 9.72 Å². The number of methoxy groups -OCH3 is 1. The standard InChI is InChI=1S/C9H9ClF2N2O2/c1-3(11)7-5(12)6(13)4(10)8(14-7)9(15)16-2/h3H,1-2H3,(H2,13,14). The Hall–Kier alpha value is -1.43. The van der Waals surface area contributed by atoms with Crippen LogP contribution in [0.3, 0.4) is 0 Å². The predicted molar refractivity (Wildman–Crippen MR) is 54.5 cm³/mol. The maximum Gasteiger partial charge on any atom is 0.358 e. The van der Waals surface area contributed by atoms with Crippen LogP contribution in [0.4, 0.5) is 14.5 Å². The summed E-state index contributed by atoms with van der Waals surface area (Å²) >= 11 is 5.60. The van der Waals surface area contributed by atoms with E-state index in [0.29, 0.717) is 0 Å². The third kappa shape index (κ3) is 2.06. The van der Waals surface area contributed by atoms with Gasteiger partial charge in [-0.3, -0.25) is 0 Å². The van der Waals surface area contributed by atoms with Crippen molar-refractivity contribution in [3.05, 3.63) is 22.2 Å². The maximum atomic E-state index is 13.4. The molecule has 1 atom stereocenters. The van der Waals surface area contributed by atoms with Crippen molar-refractivity contribution in [1.29, 1.82) is 0 Å². The van der Waals surface area contributed by atoms with Crippen molar-refractivity contribution in [2.75, 3.05) is 12.8 Å². The lowest BCUT2D eigenvalue weighted by Gasteiger charge is -2.10. The largest absolute Gasteiger partial charge is 0.464 e. The highest BCUT2D eigenvalue weighted by atomic mass is 35.5. The van der Waals surface area contributed by atoms with Crippen LogP contribution < -0.4 is 5.73 Å². The lowest BCUT2D eigenvalue weighted by atomic mass is 10.2. The molecule has 0 aliphatic carbocycles. The minimum Gasteiger partial charge on any atom is -0.464 e. The molecule has 0 fully saturated rings. The molecule has 0 saturated heterocycles. The van der Waals surface area contributed by atoms with Gasteiger partial charge in [0.25, 0.3) is 0 Å². The molecule has 0 aliphatic heterocycles. The van der Waals surface area contributed by atoms with E-state index in [1.165, 1.54) is 0 Å². The van der Waals surface area contributed by atoms with Gasteiger partial charge in [0.1, 0.15) is 11.9 Å². The van der Waals surface area contributed by atoms with Gasteiger partial charge < -0.3 is 10.5 Å². The summed E-state index contributed by atoms with van der Waals surface area (Å²) in [6, 6.07) is 0. The van der Waals surface area contributed by atoms with Gasteiger partial charge in [0.05, 0.1) is 17.8 Å². The fourth-order valence-electron chi connectivity index (χ4n) is 1.08. The molecule has 2 N–H and O–H groups in total. The average Bonchev–Trinajstić information content (AvgIpc) is 2.25. The minimum atomic E-state index is -1.71. The van der Waals surface area contributed by atoms with Gasteiger partial charge in [-0.25, -0.2) is 18.6 Å². The summed E-state index contributed by atoms with van der Waals surface area (Å²) in [5, 5.41) is -0.381. The number of alkyl halides is 1. The first-order valence-electron chi connectivity index (χ1n) is 4.26. The monoisotopic (exact) mass is 250 g/mol. The first-order chi connectivity index (χ1) is 7.40. The molecule has 1 heterocycles. The molecule has 88 valence electrons. The van der Waals surface area contributed by atoms with Gasteiger partial charge in [-0.05, 0) is 6.92 Å². The Kier molecular flexibility index (Phi) is 3.64. The second-order valence-corrected chi connectivity index (χ2v) is 3.37. The summed E-state index contributed by atoms with van der Waals surface area (Å²) in [7, 11) is 1.10. The number of nitrogens with two attached hydrogens (primary N) is 1. The van der Waals surface area contributed by atoms with Crippen molar-refractivity contribution < 1.29 is 18.3 Å². The number of ether oxygens (including phenoxy) is 1. The number of hydrogen-bond acceptors (Lipinski definition) is 4. The molecule has 1 unspecified atom stereocenters. The Morgan fingerprint density at radius 2 is 2.19 bits per heavy atom. The highest BCUT2D eigenvalue weighted by Gasteiger charge is 2.24. The summed E-state index contributed by atoms with van der Waals surface area (Å²) < 4.78 is 30.8. The number of hydrogen-bond donors (Lipinski definition) is 1. The summed E-state index contributed by atoms with van der Waals surface area (Å²) in [6.45, 7) is 1.07. The Balaban J connectivity index is 3.47. The molecular weight excluding hydrogens is 242 g/mol. The Labute approximate surface area is 95.4 Å². The van der Waals surface area contributed by atoms with Crippen molar-refractivity contribution in [3.8, 4) is 0 Å². The first kappa shape index (κ1) is 12.6. The fraction of sp³-hybridized carbons (Fsp3) is 0.333. The van der Waals surface area contributed by atoms with Gasteiger partial charge in [0.15, 0.2) is 11.5 Å². The number of carbonyl (C=O) groups is 1. The molecule has 0 bridgehead atoms. The van der Waals surface area contributed by atoms with E-state index in [0.717, 1.165) is 14.0 Å². The zero-order chi connectivity index (χ0) is 12.5. The quantitative estimate of drug-likeness (QED) is 0.818. The van der Waals surface area contributed by atoms with E-state index in [-0.39, 0.29) is 5.02 Å². The molecule has 1 aromatic rings. The summed E-state index contributed by atoms with van der Waals surface area (Å²) in [5.74, 6) is -1.97. The number of anilines is 1. The Morgan fingerprint density at radius 1 is 1.62 bits per heavy atom. The van der Waals surface area contributed by atoms with E-state index < -0.39 is 35.0 Å². The molecule has 0 aliphatic rings. The summed E-state index contributed by atoms with van der Waals surface area (Å²) in [4.78, 5) is 14.7. The summed E-state index contributed by atoms with van der Waals surface area (Å²) in [5.41, 5.74) is 3.81. The van der Waals surface area contributed by atoms with Crippen molar-refractivity contribution in [1.82, 2.24) is 4.98 Å². The van der Waals surface area contributed by atoms with E-state index in [9.17, 15) is 13.6 Å². The van der Waals surface area contributed by atoms with Crippen LogP contribution in [0.25, 0.3) is 0 Å². The molecule has 0 radical (unpaired) electrons. The van der Waals surface area contributed by atoms with Gasteiger partial charge >= 0.3 is 5.97 Å². The predicted octanol–water partition coefficient (Wildman–Crippen LogP) is 2.27. The second kappa shape index (κ2) is 4.61. The SMILES string of the molecule is COC(=O)c1nc(C(C)F)c(F)c(N)c1Cl. The Morgan fingerprint density at radius 3 is 2.62 bits per heavy atom. The number of halogens is 3. The number of nitrogen functional groups attached to an aromatic ring is 1. The van der Waals surface area contributed by atoms with Gasteiger partial charge in [-0.2, -0.15) is 0 Å². The maximum absolute atomic E-state index is 13.4. The molecule has 16 heavy (non-hydrogen) atoms. The van der Waals surface area contributed by atoms with Crippen molar-refractivity contribution in [2.24, 2.45) is 0 Å². The second-order valence-electron chi connectivity index (χ2n) is 2.99. The van der Waals surface area contributed by atoms with Gasteiger partial charge in [0.2, 0.25) is 0 Å². The van der Waals surface area contributed by atoms with Gasteiger partial charge in [0, 0.05) is 0 Å². The molecule has 0 saturated carbocycles. The lowest BCUT2D eigenvalue weighted by Crippen LogP contribution is -2.12. The fourth-order valence-corrected chi connectivity index (χ4v) is 1.28. The number of aromatic nitrogens is 1. The molecule has 1 aromatic heterocycles. The highest BCUT2D eigenvalue weighted by molar-refractivity contribution is 6.35. The van der Waals surface area contributed by atoms with Crippen LogP contribution in [0, 0.1) is 5.82 Å². The van der Waals surface area contributed by atoms with Crippen LogP contribution in [0.1, 0.15) is 29.3 Å². The molecule has 7 heteroatoms. The average molecular weight is 251 g/mol. The lowest BCUT2D eigenvalue weighted by molar-refractivity contribution is 0.0593. The number of pyridine rings is 1. The van der Waals surface area contributed by atoms with Crippen LogP contribution in [-0.4, -0.2) is 18.1 Å². The first-order valence-corrected chi connectivity index (χ1v) is 4.64.